The molecule has 1 fully saturated rings. The number of rotatable bonds is 4. The van der Waals surface area contributed by atoms with Crippen LogP contribution in [0.1, 0.15) is 56.7 Å². The molecule has 19 heavy (non-hydrogen) atoms. The molecule has 2 rings (SSSR count). The number of aliphatic hydroxyl groups excluding tert-OH is 1. The molecule has 0 heterocycles. The van der Waals surface area contributed by atoms with Crippen LogP contribution in [0.15, 0.2) is 24.3 Å². The Hall–Kier alpha value is -0.860. The van der Waals surface area contributed by atoms with E-state index in [1.165, 1.54) is 11.1 Å². The predicted molar refractivity (Wildman–Crippen MR) is 79.9 cm³/mol. The molecule has 1 aromatic carbocycles. The minimum absolute atomic E-state index is 0.100. The van der Waals surface area contributed by atoms with Crippen molar-refractivity contribution >= 4 is 0 Å². The van der Waals surface area contributed by atoms with E-state index in [1.54, 1.807) is 0 Å². The Labute approximate surface area is 117 Å². The summed E-state index contributed by atoms with van der Waals surface area (Å²) < 4.78 is 0. The van der Waals surface area contributed by atoms with Crippen molar-refractivity contribution in [3.8, 4) is 0 Å². The number of aliphatic hydroxyl groups is 1. The van der Waals surface area contributed by atoms with Gasteiger partial charge in [-0.1, -0.05) is 38.1 Å². The second kappa shape index (κ2) is 6.53. The van der Waals surface area contributed by atoms with Crippen molar-refractivity contribution in [2.24, 2.45) is 17.6 Å². The van der Waals surface area contributed by atoms with Crippen LogP contribution in [0.5, 0.6) is 0 Å². The highest BCUT2D eigenvalue weighted by molar-refractivity contribution is 5.25. The average Bonchev–Trinajstić information content (AvgIpc) is 2.39. The van der Waals surface area contributed by atoms with Gasteiger partial charge in [-0.05, 0) is 55.1 Å². The predicted octanol–water partition coefficient (Wildman–Crippen LogP) is 3.44. The Morgan fingerprint density at radius 2 is 1.68 bits per heavy atom. The van der Waals surface area contributed by atoms with Crippen molar-refractivity contribution in [1.29, 1.82) is 0 Å². The number of benzene rings is 1. The highest BCUT2D eigenvalue weighted by atomic mass is 16.3. The summed E-state index contributed by atoms with van der Waals surface area (Å²) >= 11 is 0. The quantitative estimate of drug-likeness (QED) is 0.872. The molecule has 1 atom stereocenters. The minimum atomic E-state index is -0.100. The first-order valence-electron chi connectivity index (χ1n) is 7.58. The molecule has 2 heteroatoms. The highest BCUT2D eigenvalue weighted by Crippen LogP contribution is 2.33. The van der Waals surface area contributed by atoms with Gasteiger partial charge in [-0.3, -0.25) is 0 Å². The molecule has 0 bridgehead atoms. The number of nitrogens with two attached hydrogens (primary N) is 1. The van der Waals surface area contributed by atoms with Crippen molar-refractivity contribution in [3.63, 3.8) is 0 Å². The third kappa shape index (κ3) is 4.05. The maximum absolute atomic E-state index is 9.56. The summed E-state index contributed by atoms with van der Waals surface area (Å²) in [7, 11) is 0. The number of hydrogen-bond donors (Lipinski definition) is 2. The topological polar surface area (TPSA) is 46.2 Å². The monoisotopic (exact) mass is 261 g/mol. The van der Waals surface area contributed by atoms with Crippen LogP contribution in [0.2, 0.25) is 0 Å². The maximum Gasteiger partial charge on any atom is 0.0540 e. The maximum atomic E-state index is 9.56. The van der Waals surface area contributed by atoms with Gasteiger partial charge in [0.2, 0.25) is 0 Å². The largest absolute Gasteiger partial charge is 0.393 e. The molecule has 2 nitrogen and oxygen atoms in total. The van der Waals surface area contributed by atoms with Crippen molar-refractivity contribution in [1.82, 2.24) is 0 Å². The molecule has 0 amide bonds. The SMILES string of the molecule is CC(C)Cc1ccc(C(N)C2CCC(O)CC2)cc1. The van der Waals surface area contributed by atoms with Gasteiger partial charge in [0, 0.05) is 6.04 Å². The van der Waals surface area contributed by atoms with Crippen LogP contribution < -0.4 is 5.73 Å². The summed E-state index contributed by atoms with van der Waals surface area (Å²) in [6.07, 6.45) is 4.95. The molecule has 3 N–H and O–H groups in total. The first kappa shape index (κ1) is 14.5. The molecule has 0 aromatic heterocycles. The molecular weight excluding hydrogens is 234 g/mol. The Morgan fingerprint density at radius 1 is 1.11 bits per heavy atom. The third-order valence-corrected chi connectivity index (χ3v) is 4.26. The van der Waals surface area contributed by atoms with E-state index in [4.69, 9.17) is 5.73 Å². The molecule has 0 aliphatic heterocycles. The van der Waals surface area contributed by atoms with E-state index in [0.717, 1.165) is 32.1 Å². The Balaban J connectivity index is 1.97. The van der Waals surface area contributed by atoms with Crippen LogP contribution in [0.3, 0.4) is 0 Å². The van der Waals surface area contributed by atoms with Crippen molar-refractivity contribution < 1.29 is 5.11 Å². The van der Waals surface area contributed by atoms with Gasteiger partial charge >= 0.3 is 0 Å². The van der Waals surface area contributed by atoms with E-state index in [9.17, 15) is 5.11 Å². The van der Waals surface area contributed by atoms with Gasteiger partial charge in [-0.2, -0.15) is 0 Å². The molecule has 1 saturated carbocycles. The molecular formula is C17H27NO. The summed E-state index contributed by atoms with van der Waals surface area (Å²) in [4.78, 5) is 0. The second-order valence-corrected chi connectivity index (χ2v) is 6.43. The fourth-order valence-electron chi connectivity index (χ4n) is 3.08. The molecule has 0 radical (unpaired) electrons. The molecule has 1 aliphatic rings. The van der Waals surface area contributed by atoms with Gasteiger partial charge in [0.05, 0.1) is 6.10 Å². The van der Waals surface area contributed by atoms with Gasteiger partial charge in [0.25, 0.3) is 0 Å². The average molecular weight is 261 g/mol. The van der Waals surface area contributed by atoms with Gasteiger partial charge in [-0.15, -0.1) is 0 Å². The molecule has 1 aromatic rings. The molecule has 1 unspecified atom stereocenters. The molecule has 0 saturated heterocycles. The number of hydrogen-bond acceptors (Lipinski definition) is 2. The van der Waals surface area contributed by atoms with Gasteiger partial charge in [-0.25, -0.2) is 0 Å². The highest BCUT2D eigenvalue weighted by Gasteiger charge is 2.25. The van der Waals surface area contributed by atoms with Crippen LogP contribution in [0.25, 0.3) is 0 Å². The standard InChI is InChI=1S/C17H27NO/c1-12(2)11-13-3-5-14(6-4-13)17(18)15-7-9-16(19)10-8-15/h3-6,12,15-17,19H,7-11,18H2,1-2H3. The first-order chi connectivity index (χ1) is 9.06. The van der Waals surface area contributed by atoms with Gasteiger partial charge < -0.3 is 10.8 Å². The van der Waals surface area contributed by atoms with E-state index >= 15 is 0 Å². The fourth-order valence-corrected chi connectivity index (χ4v) is 3.08. The van der Waals surface area contributed by atoms with Crippen molar-refractivity contribution in [2.75, 3.05) is 0 Å². The zero-order valence-corrected chi connectivity index (χ0v) is 12.2. The van der Waals surface area contributed by atoms with Crippen LogP contribution in [0, 0.1) is 11.8 Å². The lowest BCUT2D eigenvalue weighted by Gasteiger charge is -2.30. The Bertz CT molecular complexity index is 377. The summed E-state index contributed by atoms with van der Waals surface area (Å²) in [6, 6.07) is 8.93. The Morgan fingerprint density at radius 3 is 2.21 bits per heavy atom. The van der Waals surface area contributed by atoms with E-state index in [1.807, 2.05) is 0 Å². The normalized spacial score (nSPS) is 25.5. The summed E-state index contributed by atoms with van der Waals surface area (Å²) in [5.74, 6) is 1.22. The summed E-state index contributed by atoms with van der Waals surface area (Å²) in [5.41, 5.74) is 9.02. The van der Waals surface area contributed by atoms with Crippen LogP contribution in [-0.4, -0.2) is 11.2 Å². The summed E-state index contributed by atoms with van der Waals surface area (Å²) in [5, 5.41) is 9.56. The molecule has 1 aliphatic carbocycles. The zero-order chi connectivity index (χ0) is 13.8. The lowest BCUT2D eigenvalue weighted by atomic mass is 9.80. The lowest BCUT2D eigenvalue weighted by molar-refractivity contribution is 0.102. The van der Waals surface area contributed by atoms with E-state index < -0.39 is 0 Å². The van der Waals surface area contributed by atoms with E-state index in [0.29, 0.717) is 11.8 Å². The second-order valence-electron chi connectivity index (χ2n) is 6.43. The third-order valence-electron chi connectivity index (χ3n) is 4.26. The minimum Gasteiger partial charge on any atom is -0.393 e. The lowest BCUT2D eigenvalue weighted by Crippen LogP contribution is -2.27. The van der Waals surface area contributed by atoms with Crippen LogP contribution in [0.4, 0.5) is 0 Å². The van der Waals surface area contributed by atoms with E-state index in [2.05, 4.69) is 38.1 Å². The van der Waals surface area contributed by atoms with Gasteiger partial charge in [0.15, 0.2) is 0 Å². The molecule has 0 spiro atoms. The first-order valence-corrected chi connectivity index (χ1v) is 7.58. The Kier molecular flexibility index (Phi) is 5.00. The zero-order valence-electron chi connectivity index (χ0n) is 12.2. The summed E-state index contributed by atoms with van der Waals surface area (Å²) in [6.45, 7) is 4.49. The molecule has 106 valence electrons. The van der Waals surface area contributed by atoms with Crippen LogP contribution in [-0.2, 0) is 6.42 Å². The fraction of sp³-hybridized carbons (Fsp3) is 0.647. The van der Waals surface area contributed by atoms with Crippen molar-refractivity contribution in [3.05, 3.63) is 35.4 Å². The van der Waals surface area contributed by atoms with E-state index in [-0.39, 0.29) is 12.1 Å². The van der Waals surface area contributed by atoms with Crippen molar-refractivity contribution in [2.45, 2.75) is 58.1 Å². The van der Waals surface area contributed by atoms with Crippen LogP contribution >= 0.6 is 0 Å². The smallest absolute Gasteiger partial charge is 0.0540 e. The van der Waals surface area contributed by atoms with Gasteiger partial charge in [0.1, 0.15) is 0 Å².